The Kier molecular flexibility index (Phi) is 20.2. The maximum Gasteiger partial charge on any atom is 0.243 e. The molecule has 137 heavy (non-hydrogen) atoms. The Morgan fingerprint density at radius 1 is 0.197 bits per heavy atom. The summed E-state index contributed by atoms with van der Waals surface area (Å²) in [5.41, 5.74) is 41.4. The van der Waals surface area contributed by atoms with Crippen molar-refractivity contribution in [2.75, 3.05) is 4.90 Å². The second-order valence-corrected chi connectivity index (χ2v) is 36.0. The van der Waals surface area contributed by atoms with E-state index in [0.717, 1.165) is 117 Å². The van der Waals surface area contributed by atoms with Crippen LogP contribution >= 0.6 is 0 Å². The third-order valence-electron chi connectivity index (χ3n) is 27.9. The minimum Gasteiger partial charge on any atom is -0.292 e. The smallest absolute Gasteiger partial charge is 0.243 e. The lowest BCUT2D eigenvalue weighted by atomic mass is 9.33. The van der Waals surface area contributed by atoms with Crippen LogP contribution in [0.3, 0.4) is 0 Å². The maximum atomic E-state index is 5.49. The zero-order chi connectivity index (χ0) is 91.3. The number of benzene rings is 19. The standard InChI is InChI=1S/C45H28N4.C42H29BN4.C39H28BN/c1-4-12-29(13-5-1)32-20-23-37-35(26-32)43-34(31-16-8-3-9-17-31)22-25-41-44(43)45(48-37)36-27-33(30-14-6-2-7-15-30)21-24-40(36)49(41)42-28-46-38-18-10-11-19-39(38)47-42;1-26-13-11-14-27(2)38(26)43-34-21-10-9-19-32(34)39-37-31(20-12-22-35(37)43)33-25-30(23-24-36(33)44-39)42-46-40(28-15-5-3-6-16-28)45-41(47-42)29-17-7-4-8-18-29;1-25-11-9-12-26(2)38(25)40-34-21-19-29(27-13-5-3-6-14-27)24-33(34)39-37-31(17-10-18-35(37)40)32-23-30(20-22-36(32)41-39)28-15-7-4-8-16-28/h1-28H;3-25H,1-2H3;3-24H,1-2H3. The van der Waals surface area contributed by atoms with Gasteiger partial charge in [-0.25, -0.2) is 34.9 Å². The van der Waals surface area contributed by atoms with Gasteiger partial charge in [-0.2, -0.15) is 0 Å². The molecule has 0 saturated carbocycles. The minimum absolute atomic E-state index is 0.122. The molecule has 3 aliphatic rings. The van der Waals surface area contributed by atoms with Crippen LogP contribution in [-0.2, 0) is 0 Å². The molecule has 0 atom stereocenters. The van der Waals surface area contributed by atoms with Crippen molar-refractivity contribution in [3.05, 3.63) is 465 Å². The van der Waals surface area contributed by atoms with Crippen molar-refractivity contribution >= 4 is 139 Å². The third-order valence-corrected chi connectivity index (χ3v) is 27.9. The van der Waals surface area contributed by atoms with Gasteiger partial charge < -0.3 is 0 Å². The van der Waals surface area contributed by atoms with Crippen LogP contribution in [0.25, 0.3) is 200 Å². The van der Waals surface area contributed by atoms with Gasteiger partial charge in [0.25, 0.3) is 0 Å². The van der Waals surface area contributed by atoms with Gasteiger partial charge in [0.15, 0.2) is 23.3 Å². The van der Waals surface area contributed by atoms with Gasteiger partial charge in [-0.15, -0.1) is 0 Å². The molecule has 0 spiro atoms. The molecule has 640 valence electrons. The molecule has 3 aliphatic heterocycles. The number of anilines is 3. The van der Waals surface area contributed by atoms with Gasteiger partial charge >= 0.3 is 0 Å². The molecule has 0 saturated heterocycles. The van der Waals surface area contributed by atoms with Crippen molar-refractivity contribution in [2.45, 2.75) is 27.7 Å². The Hall–Kier alpha value is -17.5. The minimum atomic E-state index is 0.122. The van der Waals surface area contributed by atoms with Crippen LogP contribution in [0, 0.1) is 27.7 Å². The highest BCUT2D eigenvalue weighted by atomic mass is 15.2. The Balaban J connectivity index is 0.000000110. The number of fused-ring (bicyclic) bond motifs is 13. The fourth-order valence-corrected chi connectivity index (χ4v) is 21.6. The quantitative estimate of drug-likeness (QED) is 0.0924. The van der Waals surface area contributed by atoms with E-state index in [4.69, 9.17) is 39.9 Å². The maximum absolute atomic E-state index is 5.49. The monoisotopic (exact) mass is 1750 g/mol. The fourth-order valence-electron chi connectivity index (χ4n) is 21.6. The number of aromatic nitrogens is 8. The van der Waals surface area contributed by atoms with Crippen molar-refractivity contribution in [3.8, 4) is 124 Å². The first-order valence-electron chi connectivity index (χ1n) is 46.9. The van der Waals surface area contributed by atoms with Crippen LogP contribution in [0.4, 0.5) is 17.2 Å². The SMILES string of the molecule is Cc1cccc(C)c1B1c2ccc(-c3ccccc3)cc2-c2nc3ccc(-c4ccccc4)cc3c3cccc1c23.Cc1cccc(C)c1B1c2ccccc2-c2nc3ccc(-c4nc(-c5ccccc5)nc(-c5ccccc5)n4)cc3c3cccc1c23.c1ccc(-c2ccc3c(c2)-c2nc4ccc(-c5ccccc5)cc4c4c(-c5ccccc5)ccc(c24)N3c2cnc3ccccc3n2)cc1. The molecule has 0 unspecified atom stereocenters. The summed E-state index contributed by atoms with van der Waals surface area (Å²) in [4.78, 5) is 43.5. The van der Waals surface area contributed by atoms with E-state index >= 15 is 0 Å². The van der Waals surface area contributed by atoms with E-state index in [1.54, 1.807) is 0 Å². The number of para-hydroxylation sites is 2. The molecule has 5 aromatic heterocycles. The Morgan fingerprint density at radius 2 is 0.562 bits per heavy atom. The first-order valence-corrected chi connectivity index (χ1v) is 46.9. The Bertz CT molecular complexity index is 8860. The van der Waals surface area contributed by atoms with Crippen molar-refractivity contribution in [1.82, 2.24) is 39.9 Å². The average molecular weight is 1750 g/mol. The summed E-state index contributed by atoms with van der Waals surface area (Å²) in [6.45, 7) is 9.23. The lowest BCUT2D eigenvalue weighted by Gasteiger charge is -2.33. The van der Waals surface area contributed by atoms with Gasteiger partial charge in [-0.1, -0.05) is 413 Å². The third kappa shape index (κ3) is 14.3. The van der Waals surface area contributed by atoms with Crippen molar-refractivity contribution in [2.24, 2.45) is 0 Å². The number of rotatable bonds is 11. The van der Waals surface area contributed by atoms with Crippen LogP contribution in [-0.4, -0.2) is 53.3 Å². The number of pyridine rings is 3. The number of nitrogens with zero attached hydrogens (tertiary/aromatic N) is 9. The van der Waals surface area contributed by atoms with Crippen LogP contribution < -0.4 is 37.7 Å². The van der Waals surface area contributed by atoms with Gasteiger partial charge in [-0.05, 0) is 184 Å². The molecule has 9 nitrogen and oxygen atoms in total. The predicted octanol–water partition coefficient (Wildman–Crippen LogP) is 27.3. The summed E-state index contributed by atoms with van der Waals surface area (Å²) in [7, 11) is 0. The highest BCUT2D eigenvalue weighted by Gasteiger charge is 2.38. The summed E-state index contributed by atoms with van der Waals surface area (Å²) < 4.78 is 0. The van der Waals surface area contributed by atoms with E-state index in [2.05, 4.69) is 384 Å². The number of hydrogen-bond acceptors (Lipinski definition) is 9. The topological polar surface area (TPSA) is 106 Å². The highest BCUT2D eigenvalue weighted by Crippen LogP contribution is 2.55. The fraction of sp³-hybridized carbons (Fsp3) is 0.0317. The molecule has 0 aliphatic carbocycles. The molecule has 27 rings (SSSR count). The van der Waals surface area contributed by atoms with Crippen molar-refractivity contribution in [3.63, 3.8) is 0 Å². The van der Waals surface area contributed by atoms with E-state index < -0.39 is 0 Å². The van der Waals surface area contributed by atoms with Crippen LogP contribution in [0.1, 0.15) is 22.3 Å². The second kappa shape index (κ2) is 33.9. The van der Waals surface area contributed by atoms with Crippen LogP contribution in [0.5, 0.6) is 0 Å². The predicted molar refractivity (Wildman–Crippen MR) is 573 cm³/mol. The largest absolute Gasteiger partial charge is 0.292 e. The molecule has 0 N–H and O–H groups in total. The van der Waals surface area contributed by atoms with Gasteiger partial charge in [0, 0.05) is 60.0 Å². The van der Waals surface area contributed by atoms with Gasteiger partial charge in [0.1, 0.15) is 0 Å². The van der Waals surface area contributed by atoms with Gasteiger partial charge in [0.2, 0.25) is 13.4 Å². The number of aryl methyl sites for hydroxylation is 4. The molecule has 24 aromatic rings. The number of hydrogen-bond donors (Lipinski definition) is 0. The summed E-state index contributed by atoms with van der Waals surface area (Å²) in [5, 5.41) is 10.6. The zero-order valence-corrected chi connectivity index (χ0v) is 75.8. The van der Waals surface area contributed by atoms with Gasteiger partial charge in [-0.3, -0.25) is 9.88 Å². The van der Waals surface area contributed by atoms with Crippen molar-refractivity contribution in [1.29, 1.82) is 0 Å². The molecule has 8 heterocycles. The molecule has 0 amide bonds. The van der Waals surface area contributed by atoms with E-state index in [1.807, 2.05) is 91.1 Å². The molecule has 0 bridgehead atoms. The van der Waals surface area contributed by atoms with E-state index in [1.165, 1.54) is 137 Å². The summed E-state index contributed by atoms with van der Waals surface area (Å²) in [6.07, 6.45) is 1.89. The zero-order valence-electron chi connectivity index (χ0n) is 75.8. The van der Waals surface area contributed by atoms with E-state index in [0.29, 0.717) is 17.5 Å². The molecule has 19 aromatic carbocycles. The first kappa shape index (κ1) is 81.5. The first-order chi connectivity index (χ1) is 67.6. The molecular weight excluding hydrogens is 1660 g/mol. The highest BCUT2D eigenvalue weighted by molar-refractivity contribution is 7.00. The average Bonchev–Trinajstić information content (AvgIpc) is 0.721. The van der Waals surface area contributed by atoms with Crippen LogP contribution in [0.15, 0.2) is 443 Å². The Labute approximate surface area is 795 Å². The van der Waals surface area contributed by atoms with Gasteiger partial charge in [0.05, 0.1) is 62.2 Å². The second-order valence-electron chi connectivity index (χ2n) is 36.0. The molecule has 11 heteroatoms. The normalized spacial score (nSPS) is 12.0. The van der Waals surface area contributed by atoms with Crippen LogP contribution in [0.2, 0.25) is 0 Å². The molecular formula is C126H85B2N9. The Morgan fingerprint density at radius 3 is 1.08 bits per heavy atom. The summed E-state index contributed by atoms with van der Waals surface area (Å²) in [5.74, 6) is 2.71. The molecule has 0 fully saturated rings. The lowest BCUT2D eigenvalue weighted by Crippen LogP contribution is -2.56. The summed E-state index contributed by atoms with van der Waals surface area (Å²) in [6, 6.07) is 155. The summed E-state index contributed by atoms with van der Waals surface area (Å²) >= 11 is 0. The molecule has 0 radical (unpaired) electrons. The van der Waals surface area contributed by atoms with E-state index in [-0.39, 0.29) is 13.4 Å². The van der Waals surface area contributed by atoms with Crippen molar-refractivity contribution < 1.29 is 0 Å². The lowest BCUT2D eigenvalue weighted by molar-refractivity contribution is 1.07. The van der Waals surface area contributed by atoms with E-state index in [9.17, 15) is 0 Å².